The summed E-state index contributed by atoms with van der Waals surface area (Å²) in [6.07, 6.45) is 0.753. The summed E-state index contributed by atoms with van der Waals surface area (Å²) in [4.78, 5) is 25.6. The van der Waals surface area contributed by atoms with E-state index in [4.69, 9.17) is 9.47 Å². The molecule has 1 N–H and O–H groups in total. The lowest BCUT2D eigenvalue weighted by atomic mass is 9.87. The topological polar surface area (TPSA) is 93.9 Å². The molecular weight excluding hydrogens is 422 g/mol. The Kier molecular flexibility index (Phi) is 6.55. The molecule has 3 aromatic rings. The highest BCUT2D eigenvalue weighted by molar-refractivity contribution is 5.92. The summed E-state index contributed by atoms with van der Waals surface area (Å²) in [5, 5.41) is 13.8. The maximum absolute atomic E-state index is 12.9. The van der Waals surface area contributed by atoms with E-state index in [1.54, 1.807) is 26.4 Å². The first-order valence-corrected chi connectivity index (χ1v) is 10.6. The summed E-state index contributed by atoms with van der Waals surface area (Å²) >= 11 is 0. The predicted octanol–water partition coefficient (Wildman–Crippen LogP) is 4.20. The van der Waals surface area contributed by atoms with Gasteiger partial charge in [0.05, 0.1) is 31.7 Å². The number of anilines is 1. The van der Waals surface area contributed by atoms with Crippen molar-refractivity contribution in [3.63, 3.8) is 0 Å². The Bertz CT molecular complexity index is 1170. The molecule has 1 aliphatic heterocycles. The molecule has 8 heteroatoms. The molecule has 1 aliphatic rings. The number of fused-ring (bicyclic) bond motifs is 1. The zero-order valence-electron chi connectivity index (χ0n) is 18.5. The number of non-ortho nitro benzene ring substituents is 1. The lowest BCUT2D eigenvalue weighted by Gasteiger charge is -2.37. The van der Waals surface area contributed by atoms with Gasteiger partial charge in [0.15, 0.2) is 11.5 Å². The Balaban J connectivity index is 1.63. The van der Waals surface area contributed by atoms with Gasteiger partial charge < -0.3 is 14.8 Å². The van der Waals surface area contributed by atoms with Gasteiger partial charge in [-0.1, -0.05) is 36.4 Å². The van der Waals surface area contributed by atoms with Gasteiger partial charge in [0.25, 0.3) is 5.69 Å². The highest BCUT2D eigenvalue weighted by Crippen LogP contribution is 2.40. The molecule has 0 saturated carbocycles. The fourth-order valence-corrected chi connectivity index (χ4v) is 4.28. The zero-order valence-corrected chi connectivity index (χ0v) is 18.5. The molecule has 1 amide bonds. The molecule has 4 rings (SSSR count). The molecule has 0 bridgehead atoms. The van der Waals surface area contributed by atoms with Crippen LogP contribution in [0.1, 0.15) is 22.7 Å². The van der Waals surface area contributed by atoms with E-state index in [0.29, 0.717) is 23.7 Å². The van der Waals surface area contributed by atoms with Crippen LogP contribution < -0.4 is 14.8 Å². The Morgan fingerprint density at radius 1 is 1.06 bits per heavy atom. The van der Waals surface area contributed by atoms with Gasteiger partial charge in [-0.3, -0.25) is 19.8 Å². The third-order valence-corrected chi connectivity index (χ3v) is 5.78. The number of methoxy groups -OCH3 is 2. The Morgan fingerprint density at radius 3 is 2.48 bits per heavy atom. The Hall–Kier alpha value is -3.91. The molecule has 0 aromatic heterocycles. The first kappa shape index (κ1) is 22.3. The normalized spacial score (nSPS) is 15.4. The van der Waals surface area contributed by atoms with Gasteiger partial charge in [-0.15, -0.1) is 0 Å². The van der Waals surface area contributed by atoms with Crippen molar-refractivity contribution in [1.29, 1.82) is 0 Å². The number of nitro groups is 1. The van der Waals surface area contributed by atoms with Crippen LogP contribution in [0.25, 0.3) is 0 Å². The van der Waals surface area contributed by atoms with Crippen LogP contribution in [-0.4, -0.2) is 43.0 Å². The summed E-state index contributed by atoms with van der Waals surface area (Å²) in [6.45, 7) is 0.806. The van der Waals surface area contributed by atoms with Crippen molar-refractivity contribution < 1.29 is 19.2 Å². The van der Waals surface area contributed by atoms with Gasteiger partial charge in [-0.2, -0.15) is 0 Å². The molecule has 0 radical (unpaired) electrons. The lowest BCUT2D eigenvalue weighted by Crippen LogP contribution is -2.41. The quantitative estimate of drug-likeness (QED) is 0.431. The van der Waals surface area contributed by atoms with Crippen LogP contribution in [-0.2, 0) is 11.2 Å². The minimum Gasteiger partial charge on any atom is -0.493 e. The molecule has 170 valence electrons. The largest absolute Gasteiger partial charge is 0.493 e. The second-order valence-corrected chi connectivity index (χ2v) is 7.80. The van der Waals surface area contributed by atoms with E-state index in [2.05, 4.69) is 10.2 Å². The highest BCUT2D eigenvalue weighted by atomic mass is 16.6. The smallest absolute Gasteiger partial charge is 0.271 e. The van der Waals surface area contributed by atoms with Crippen molar-refractivity contribution in [2.75, 3.05) is 32.6 Å². The van der Waals surface area contributed by atoms with Crippen molar-refractivity contribution >= 4 is 17.3 Å². The summed E-state index contributed by atoms with van der Waals surface area (Å²) < 4.78 is 11.0. The average Bonchev–Trinajstić information content (AvgIpc) is 2.83. The summed E-state index contributed by atoms with van der Waals surface area (Å²) in [6, 6.07) is 19.8. The van der Waals surface area contributed by atoms with Crippen LogP contribution in [0.15, 0.2) is 66.7 Å². The van der Waals surface area contributed by atoms with E-state index in [1.807, 2.05) is 42.5 Å². The Morgan fingerprint density at radius 2 is 1.79 bits per heavy atom. The van der Waals surface area contributed by atoms with Gasteiger partial charge in [0.2, 0.25) is 5.91 Å². The number of hydrogen-bond donors (Lipinski definition) is 1. The summed E-state index contributed by atoms with van der Waals surface area (Å²) in [5.41, 5.74) is 3.61. The number of nitrogens with one attached hydrogen (secondary N) is 1. The highest BCUT2D eigenvalue weighted by Gasteiger charge is 2.31. The molecule has 1 unspecified atom stereocenters. The number of carbonyl (C=O) groups is 1. The van der Waals surface area contributed by atoms with Crippen molar-refractivity contribution in [1.82, 2.24) is 4.90 Å². The minimum absolute atomic E-state index is 0.0668. The van der Waals surface area contributed by atoms with E-state index in [0.717, 1.165) is 23.1 Å². The third kappa shape index (κ3) is 4.80. The first-order chi connectivity index (χ1) is 16.0. The van der Waals surface area contributed by atoms with Crippen LogP contribution in [0.5, 0.6) is 11.5 Å². The monoisotopic (exact) mass is 447 g/mol. The summed E-state index contributed by atoms with van der Waals surface area (Å²) in [7, 11) is 3.22. The molecular formula is C25H25N3O5. The van der Waals surface area contributed by atoms with Crippen LogP contribution >= 0.6 is 0 Å². The number of nitrogens with zero attached hydrogens (tertiary/aromatic N) is 2. The van der Waals surface area contributed by atoms with Crippen molar-refractivity contribution in [3.8, 4) is 11.5 Å². The van der Waals surface area contributed by atoms with Crippen molar-refractivity contribution in [2.45, 2.75) is 12.5 Å². The molecule has 1 atom stereocenters. The summed E-state index contributed by atoms with van der Waals surface area (Å²) in [5.74, 6) is 1.08. The first-order valence-electron chi connectivity index (χ1n) is 10.6. The van der Waals surface area contributed by atoms with Gasteiger partial charge in [0, 0.05) is 24.4 Å². The Labute approximate surface area is 191 Å². The van der Waals surface area contributed by atoms with Crippen LogP contribution in [0.2, 0.25) is 0 Å². The van der Waals surface area contributed by atoms with E-state index in [-0.39, 0.29) is 24.2 Å². The van der Waals surface area contributed by atoms with Gasteiger partial charge in [-0.05, 0) is 41.3 Å². The number of benzene rings is 3. The zero-order chi connectivity index (χ0) is 23.4. The number of nitro benzene ring substituents is 1. The number of ether oxygens (including phenoxy) is 2. The molecule has 0 spiro atoms. The second kappa shape index (κ2) is 9.70. The fourth-order valence-electron chi connectivity index (χ4n) is 4.28. The second-order valence-electron chi connectivity index (χ2n) is 7.80. The van der Waals surface area contributed by atoms with Crippen molar-refractivity contribution in [2.24, 2.45) is 0 Å². The fraction of sp³-hybridized carbons (Fsp3) is 0.240. The maximum atomic E-state index is 12.9. The van der Waals surface area contributed by atoms with E-state index in [1.165, 1.54) is 12.1 Å². The van der Waals surface area contributed by atoms with E-state index in [9.17, 15) is 14.9 Å². The third-order valence-electron chi connectivity index (χ3n) is 5.78. The van der Waals surface area contributed by atoms with E-state index >= 15 is 0 Å². The number of carbonyl (C=O) groups excluding carboxylic acids is 1. The van der Waals surface area contributed by atoms with Gasteiger partial charge in [0.1, 0.15) is 0 Å². The number of hydrogen-bond acceptors (Lipinski definition) is 6. The van der Waals surface area contributed by atoms with Crippen LogP contribution in [0, 0.1) is 10.1 Å². The van der Waals surface area contributed by atoms with Gasteiger partial charge in [-0.25, -0.2) is 0 Å². The van der Waals surface area contributed by atoms with Gasteiger partial charge >= 0.3 is 0 Å². The maximum Gasteiger partial charge on any atom is 0.271 e. The lowest BCUT2D eigenvalue weighted by molar-refractivity contribution is -0.384. The van der Waals surface area contributed by atoms with E-state index < -0.39 is 4.92 Å². The molecule has 0 saturated heterocycles. The molecule has 0 aliphatic carbocycles. The molecule has 1 heterocycles. The predicted molar refractivity (Wildman–Crippen MR) is 125 cm³/mol. The SMILES string of the molecule is COc1cc2c(cc1OC)C(c1ccccc1)N(CC(=O)Nc1cccc([N+](=O)[O-])c1)CC2. The average molecular weight is 447 g/mol. The van der Waals surface area contributed by atoms with Crippen LogP contribution in [0.4, 0.5) is 11.4 Å². The molecule has 3 aromatic carbocycles. The van der Waals surface area contributed by atoms with Crippen LogP contribution in [0.3, 0.4) is 0 Å². The minimum atomic E-state index is -0.482. The molecule has 8 nitrogen and oxygen atoms in total. The standard InChI is InChI=1S/C25H25N3O5/c1-32-22-13-18-11-12-27(16-24(29)26-19-9-6-10-20(14-19)28(30)31)25(17-7-4-3-5-8-17)21(18)15-23(22)33-2/h3-10,13-15,25H,11-12,16H2,1-2H3,(H,26,29). The number of amides is 1. The van der Waals surface area contributed by atoms with Crippen molar-refractivity contribution in [3.05, 3.63) is 93.5 Å². The molecule has 0 fully saturated rings. The number of rotatable bonds is 7. The molecule has 33 heavy (non-hydrogen) atoms.